The van der Waals surface area contributed by atoms with E-state index in [0.717, 1.165) is 19.4 Å². The van der Waals surface area contributed by atoms with Crippen molar-refractivity contribution in [2.75, 3.05) is 25.1 Å². The Labute approximate surface area is 113 Å². The molecule has 5 heteroatoms. The van der Waals surface area contributed by atoms with Crippen LogP contribution < -0.4 is 10.6 Å². The van der Waals surface area contributed by atoms with E-state index in [4.69, 9.17) is 10.00 Å². The largest absolute Gasteiger partial charge is 0.381 e. The molecular weight excluding hydrogens is 242 g/mol. The van der Waals surface area contributed by atoms with E-state index in [9.17, 15) is 4.79 Å². The maximum absolute atomic E-state index is 11.5. The highest BCUT2D eigenvalue weighted by atomic mass is 16.5. The van der Waals surface area contributed by atoms with Gasteiger partial charge in [-0.3, -0.25) is 0 Å². The van der Waals surface area contributed by atoms with Crippen molar-refractivity contribution in [3.8, 4) is 6.07 Å². The van der Waals surface area contributed by atoms with E-state index in [0.29, 0.717) is 24.4 Å². The van der Waals surface area contributed by atoms with E-state index in [1.165, 1.54) is 0 Å². The Kier molecular flexibility index (Phi) is 7.06. The van der Waals surface area contributed by atoms with Crippen LogP contribution in [0.2, 0.25) is 0 Å². The zero-order valence-corrected chi connectivity index (χ0v) is 11.1. The van der Waals surface area contributed by atoms with Gasteiger partial charge in [0.25, 0.3) is 0 Å². The maximum Gasteiger partial charge on any atom is 0.319 e. The summed E-state index contributed by atoms with van der Waals surface area (Å²) >= 11 is 0. The summed E-state index contributed by atoms with van der Waals surface area (Å²) < 4.78 is 5.31. The molecule has 1 aromatic rings. The number of hydrogen-bond donors (Lipinski definition) is 2. The quantitative estimate of drug-likeness (QED) is 0.740. The fourth-order valence-electron chi connectivity index (χ4n) is 1.43. The molecule has 2 amide bonds. The Morgan fingerprint density at radius 3 is 2.68 bits per heavy atom. The maximum atomic E-state index is 11.5. The van der Waals surface area contributed by atoms with Crippen LogP contribution in [0.5, 0.6) is 0 Å². The standard InChI is InChI=1S/C14H19N3O2/c1-2-9-19-10-3-8-16-14(18)17-13-6-4-12(11-15)5-7-13/h4-7H,2-3,8-10H2,1H3,(H2,16,17,18). The number of hydrogen-bond acceptors (Lipinski definition) is 3. The van der Waals surface area contributed by atoms with Gasteiger partial charge in [-0.15, -0.1) is 0 Å². The fourth-order valence-corrected chi connectivity index (χ4v) is 1.43. The minimum Gasteiger partial charge on any atom is -0.381 e. The molecule has 1 rings (SSSR count). The SMILES string of the molecule is CCCOCCCNC(=O)Nc1ccc(C#N)cc1. The van der Waals surface area contributed by atoms with Crippen molar-refractivity contribution in [1.82, 2.24) is 5.32 Å². The molecule has 0 aliphatic heterocycles. The molecule has 0 atom stereocenters. The molecule has 0 saturated heterocycles. The smallest absolute Gasteiger partial charge is 0.319 e. The average molecular weight is 261 g/mol. The second-order valence-electron chi connectivity index (χ2n) is 4.04. The van der Waals surface area contributed by atoms with Crippen LogP contribution in [0, 0.1) is 11.3 Å². The highest BCUT2D eigenvalue weighted by Crippen LogP contribution is 2.08. The zero-order chi connectivity index (χ0) is 13.9. The van der Waals surface area contributed by atoms with Gasteiger partial charge in [0.2, 0.25) is 0 Å². The van der Waals surface area contributed by atoms with Gasteiger partial charge in [-0.05, 0) is 37.1 Å². The predicted octanol–water partition coefficient (Wildman–Crippen LogP) is 2.50. The molecule has 0 aliphatic rings. The Morgan fingerprint density at radius 2 is 2.05 bits per heavy atom. The summed E-state index contributed by atoms with van der Waals surface area (Å²) in [7, 11) is 0. The van der Waals surface area contributed by atoms with Crippen LogP contribution >= 0.6 is 0 Å². The molecule has 0 spiro atoms. The molecule has 0 aromatic heterocycles. The third kappa shape index (κ3) is 6.43. The van der Waals surface area contributed by atoms with Crippen molar-refractivity contribution in [2.45, 2.75) is 19.8 Å². The molecule has 0 heterocycles. The molecule has 102 valence electrons. The van der Waals surface area contributed by atoms with Crippen LogP contribution in [0.25, 0.3) is 0 Å². The summed E-state index contributed by atoms with van der Waals surface area (Å²) in [6.07, 6.45) is 1.80. The van der Waals surface area contributed by atoms with Crippen molar-refractivity contribution in [3.63, 3.8) is 0 Å². The summed E-state index contributed by atoms with van der Waals surface area (Å²) in [4.78, 5) is 11.5. The summed E-state index contributed by atoms with van der Waals surface area (Å²) in [6.45, 7) is 4.05. The topological polar surface area (TPSA) is 74.2 Å². The first-order chi connectivity index (χ1) is 9.26. The van der Waals surface area contributed by atoms with Crippen LogP contribution in [0.4, 0.5) is 10.5 Å². The number of urea groups is 1. The van der Waals surface area contributed by atoms with Crippen molar-refractivity contribution in [3.05, 3.63) is 29.8 Å². The van der Waals surface area contributed by atoms with Crippen molar-refractivity contribution in [1.29, 1.82) is 5.26 Å². The normalized spacial score (nSPS) is 9.68. The number of nitrogens with zero attached hydrogens (tertiary/aromatic N) is 1. The number of anilines is 1. The molecule has 1 aromatic carbocycles. The average Bonchev–Trinajstić information content (AvgIpc) is 2.43. The van der Waals surface area contributed by atoms with E-state index in [1.807, 2.05) is 6.07 Å². The third-order valence-corrected chi connectivity index (χ3v) is 2.37. The minimum absolute atomic E-state index is 0.250. The first-order valence-electron chi connectivity index (χ1n) is 6.39. The molecule has 0 fully saturated rings. The lowest BCUT2D eigenvalue weighted by Crippen LogP contribution is -2.30. The molecule has 0 saturated carbocycles. The van der Waals surface area contributed by atoms with E-state index in [-0.39, 0.29) is 6.03 Å². The number of rotatable bonds is 7. The van der Waals surface area contributed by atoms with Gasteiger partial charge in [0, 0.05) is 25.4 Å². The first kappa shape index (κ1) is 15.0. The number of carbonyl (C=O) groups excluding carboxylic acids is 1. The second-order valence-corrected chi connectivity index (χ2v) is 4.04. The Morgan fingerprint density at radius 1 is 1.32 bits per heavy atom. The van der Waals surface area contributed by atoms with Crippen LogP contribution in [0.3, 0.4) is 0 Å². The number of nitrogens with one attached hydrogen (secondary N) is 2. The summed E-state index contributed by atoms with van der Waals surface area (Å²) in [5.74, 6) is 0. The summed E-state index contributed by atoms with van der Waals surface area (Å²) in [5.41, 5.74) is 1.23. The molecule has 2 N–H and O–H groups in total. The van der Waals surface area contributed by atoms with Crippen LogP contribution in [0.15, 0.2) is 24.3 Å². The Balaban J connectivity index is 2.18. The Bertz CT molecular complexity index is 423. The molecule has 0 aliphatic carbocycles. The number of carbonyl (C=O) groups is 1. The van der Waals surface area contributed by atoms with Gasteiger partial charge < -0.3 is 15.4 Å². The lowest BCUT2D eigenvalue weighted by Gasteiger charge is -2.07. The second kappa shape index (κ2) is 8.95. The molecule has 0 bridgehead atoms. The van der Waals surface area contributed by atoms with Crippen molar-refractivity contribution >= 4 is 11.7 Å². The number of amides is 2. The van der Waals surface area contributed by atoms with Gasteiger partial charge in [0.1, 0.15) is 0 Å². The predicted molar refractivity (Wildman–Crippen MR) is 73.9 cm³/mol. The number of benzene rings is 1. The van der Waals surface area contributed by atoms with E-state index in [1.54, 1.807) is 24.3 Å². The molecule has 0 unspecified atom stereocenters. The summed E-state index contributed by atoms with van der Waals surface area (Å²) in [5, 5.41) is 14.1. The highest BCUT2D eigenvalue weighted by Gasteiger charge is 2.00. The lowest BCUT2D eigenvalue weighted by atomic mass is 10.2. The highest BCUT2D eigenvalue weighted by molar-refractivity contribution is 5.89. The van der Waals surface area contributed by atoms with Crippen LogP contribution in [-0.4, -0.2) is 25.8 Å². The number of ether oxygens (including phenoxy) is 1. The first-order valence-corrected chi connectivity index (χ1v) is 6.39. The lowest BCUT2D eigenvalue weighted by molar-refractivity contribution is 0.132. The molecule has 0 radical (unpaired) electrons. The molecule has 19 heavy (non-hydrogen) atoms. The van der Waals surface area contributed by atoms with Crippen molar-refractivity contribution in [2.24, 2.45) is 0 Å². The Hall–Kier alpha value is -2.06. The van der Waals surface area contributed by atoms with Gasteiger partial charge in [0.05, 0.1) is 11.6 Å². The van der Waals surface area contributed by atoms with E-state index < -0.39 is 0 Å². The third-order valence-electron chi connectivity index (χ3n) is 2.37. The zero-order valence-electron chi connectivity index (χ0n) is 11.1. The minimum atomic E-state index is -0.250. The fraction of sp³-hybridized carbons (Fsp3) is 0.429. The monoisotopic (exact) mass is 261 g/mol. The van der Waals surface area contributed by atoms with Gasteiger partial charge >= 0.3 is 6.03 Å². The van der Waals surface area contributed by atoms with E-state index >= 15 is 0 Å². The van der Waals surface area contributed by atoms with Crippen LogP contribution in [0.1, 0.15) is 25.3 Å². The number of nitriles is 1. The van der Waals surface area contributed by atoms with Gasteiger partial charge in [-0.1, -0.05) is 6.92 Å². The van der Waals surface area contributed by atoms with E-state index in [2.05, 4.69) is 17.6 Å². The van der Waals surface area contributed by atoms with Gasteiger partial charge in [-0.2, -0.15) is 5.26 Å². The van der Waals surface area contributed by atoms with Crippen molar-refractivity contribution < 1.29 is 9.53 Å². The van der Waals surface area contributed by atoms with Gasteiger partial charge in [0.15, 0.2) is 0 Å². The van der Waals surface area contributed by atoms with Crippen LogP contribution in [-0.2, 0) is 4.74 Å². The van der Waals surface area contributed by atoms with Gasteiger partial charge in [-0.25, -0.2) is 4.79 Å². The molecular formula is C14H19N3O2. The molecule has 5 nitrogen and oxygen atoms in total. The summed E-state index contributed by atoms with van der Waals surface area (Å²) in [6, 6.07) is 8.49.